The number of hydrogen-bond donors (Lipinski definition) is 1. The number of nitrogens with zero attached hydrogens (tertiary/aromatic N) is 5. The summed E-state index contributed by atoms with van der Waals surface area (Å²) < 4.78 is 1.43. The van der Waals surface area contributed by atoms with Crippen LogP contribution in [0, 0.1) is 0 Å². The number of tetrazole rings is 1. The highest BCUT2D eigenvalue weighted by Crippen LogP contribution is 2.26. The van der Waals surface area contributed by atoms with Crippen LogP contribution < -0.4 is 5.32 Å². The van der Waals surface area contributed by atoms with Gasteiger partial charge in [-0.1, -0.05) is 19.4 Å². The molecule has 0 saturated heterocycles. The minimum atomic E-state index is 0.284. The molecule has 0 fully saturated rings. The first-order valence-corrected chi connectivity index (χ1v) is 7.10. The van der Waals surface area contributed by atoms with E-state index < -0.39 is 0 Å². The average molecular weight is 274 g/mol. The molecule has 98 valence electrons. The molecule has 1 unspecified atom stereocenters. The van der Waals surface area contributed by atoms with Gasteiger partial charge >= 0.3 is 0 Å². The first-order valence-electron chi connectivity index (χ1n) is 6.22. The van der Waals surface area contributed by atoms with Crippen molar-refractivity contribution in [1.29, 1.82) is 0 Å². The summed E-state index contributed by atoms with van der Waals surface area (Å²) in [5.74, 6) is 0.784. The van der Waals surface area contributed by atoms with Gasteiger partial charge in [0.25, 0.3) is 0 Å². The van der Waals surface area contributed by atoms with Crippen LogP contribution in [-0.2, 0) is 0 Å². The van der Waals surface area contributed by atoms with Crippen molar-refractivity contribution in [1.82, 2.24) is 25.3 Å². The lowest BCUT2D eigenvalue weighted by molar-refractivity contribution is 0.673. The van der Waals surface area contributed by atoms with Crippen molar-refractivity contribution in [3.8, 4) is 0 Å². The predicted octanol–water partition coefficient (Wildman–Crippen LogP) is 2.53. The quantitative estimate of drug-likeness (QED) is 0.774. The molecule has 7 heteroatoms. The summed E-state index contributed by atoms with van der Waals surface area (Å²) in [6.07, 6.45) is 2.18. The van der Waals surface area contributed by atoms with Gasteiger partial charge in [-0.2, -0.15) is 0 Å². The lowest BCUT2D eigenvalue weighted by Gasteiger charge is -2.16. The van der Waals surface area contributed by atoms with Crippen molar-refractivity contribution in [3.63, 3.8) is 0 Å². The van der Waals surface area contributed by atoms with E-state index in [0.29, 0.717) is 5.65 Å². The molecule has 3 aromatic heterocycles. The predicted molar refractivity (Wildman–Crippen MR) is 74.2 cm³/mol. The molecule has 0 radical (unpaired) electrons. The van der Waals surface area contributed by atoms with Gasteiger partial charge < -0.3 is 5.32 Å². The SMILES string of the molecule is CCCC(Nc1ccc2nnnn2n1)c1cccs1. The maximum absolute atomic E-state index is 4.34. The molecule has 0 bridgehead atoms. The summed E-state index contributed by atoms with van der Waals surface area (Å²) >= 11 is 1.76. The highest BCUT2D eigenvalue weighted by atomic mass is 32.1. The third kappa shape index (κ3) is 2.55. The van der Waals surface area contributed by atoms with Crippen LogP contribution in [0.25, 0.3) is 5.65 Å². The van der Waals surface area contributed by atoms with E-state index in [1.165, 1.54) is 9.51 Å². The van der Waals surface area contributed by atoms with Gasteiger partial charge in [-0.25, -0.2) is 0 Å². The lowest BCUT2D eigenvalue weighted by Crippen LogP contribution is -2.11. The Labute approximate surface area is 114 Å². The summed E-state index contributed by atoms with van der Waals surface area (Å²) in [4.78, 5) is 1.32. The molecule has 0 aliphatic carbocycles. The largest absolute Gasteiger partial charge is 0.361 e. The van der Waals surface area contributed by atoms with Gasteiger partial charge in [-0.05, 0) is 40.4 Å². The topological polar surface area (TPSA) is 68.0 Å². The monoisotopic (exact) mass is 274 g/mol. The van der Waals surface area contributed by atoms with Gasteiger partial charge in [-0.3, -0.25) is 0 Å². The molecule has 0 saturated carbocycles. The van der Waals surface area contributed by atoms with E-state index in [1.807, 2.05) is 12.1 Å². The summed E-state index contributed by atoms with van der Waals surface area (Å²) in [7, 11) is 0. The number of anilines is 1. The highest BCUT2D eigenvalue weighted by Gasteiger charge is 2.12. The molecule has 3 heterocycles. The fourth-order valence-corrected chi connectivity index (χ4v) is 2.78. The number of hydrogen-bond acceptors (Lipinski definition) is 6. The Bertz CT molecular complexity index is 647. The molecule has 0 aliphatic rings. The van der Waals surface area contributed by atoms with Crippen LogP contribution in [0.1, 0.15) is 30.7 Å². The van der Waals surface area contributed by atoms with Crippen LogP contribution in [-0.4, -0.2) is 25.3 Å². The van der Waals surface area contributed by atoms with Crippen LogP contribution in [0.15, 0.2) is 29.6 Å². The van der Waals surface area contributed by atoms with Crippen LogP contribution in [0.5, 0.6) is 0 Å². The van der Waals surface area contributed by atoms with Gasteiger partial charge in [0.05, 0.1) is 6.04 Å². The van der Waals surface area contributed by atoms with Gasteiger partial charge in [-0.15, -0.1) is 26.2 Å². The molecule has 3 aromatic rings. The van der Waals surface area contributed by atoms with Crippen LogP contribution >= 0.6 is 11.3 Å². The Hall–Kier alpha value is -2.02. The minimum absolute atomic E-state index is 0.284. The number of rotatable bonds is 5. The van der Waals surface area contributed by atoms with E-state index in [0.717, 1.165) is 18.7 Å². The molecule has 0 amide bonds. The maximum atomic E-state index is 4.34. The second-order valence-corrected chi connectivity index (χ2v) is 5.23. The molecule has 3 rings (SSSR count). The van der Waals surface area contributed by atoms with E-state index in [9.17, 15) is 0 Å². The van der Waals surface area contributed by atoms with Gasteiger partial charge in [0.1, 0.15) is 5.82 Å². The van der Waals surface area contributed by atoms with Crippen LogP contribution in [0.2, 0.25) is 0 Å². The Morgan fingerprint density at radius 2 is 2.32 bits per heavy atom. The average Bonchev–Trinajstić information content (AvgIpc) is 3.09. The van der Waals surface area contributed by atoms with E-state index in [-0.39, 0.29) is 6.04 Å². The standard InChI is InChI=1S/C12H14N6S/c1-2-4-9(10-5-3-8-19-10)13-11-6-7-12-14-16-17-18(12)15-11/h3,5-9H,2,4H2,1H3,(H,13,15). The first kappa shape index (κ1) is 12.0. The van der Waals surface area contributed by atoms with Gasteiger partial charge in [0.2, 0.25) is 0 Å². The summed E-state index contributed by atoms with van der Waals surface area (Å²) in [5, 5.41) is 21.1. The number of fused-ring (bicyclic) bond motifs is 1. The Morgan fingerprint density at radius 1 is 1.37 bits per heavy atom. The third-order valence-electron chi connectivity index (χ3n) is 2.86. The Kier molecular flexibility index (Phi) is 3.37. The van der Waals surface area contributed by atoms with Crippen molar-refractivity contribution in [2.45, 2.75) is 25.8 Å². The smallest absolute Gasteiger partial charge is 0.200 e. The zero-order valence-electron chi connectivity index (χ0n) is 10.5. The van der Waals surface area contributed by atoms with Crippen LogP contribution in [0.3, 0.4) is 0 Å². The maximum Gasteiger partial charge on any atom is 0.200 e. The zero-order valence-corrected chi connectivity index (χ0v) is 11.3. The van der Waals surface area contributed by atoms with Crippen molar-refractivity contribution in [3.05, 3.63) is 34.5 Å². The number of nitrogens with one attached hydrogen (secondary N) is 1. The second-order valence-electron chi connectivity index (χ2n) is 4.25. The number of aromatic nitrogens is 5. The molecule has 1 atom stereocenters. The fraction of sp³-hybridized carbons (Fsp3) is 0.333. The highest BCUT2D eigenvalue weighted by molar-refractivity contribution is 7.10. The summed E-state index contributed by atoms with van der Waals surface area (Å²) in [6.45, 7) is 2.18. The molecule has 0 aliphatic heterocycles. The molecule has 0 spiro atoms. The van der Waals surface area contributed by atoms with E-state index in [4.69, 9.17) is 0 Å². The van der Waals surface area contributed by atoms with Crippen molar-refractivity contribution < 1.29 is 0 Å². The van der Waals surface area contributed by atoms with Crippen molar-refractivity contribution in [2.24, 2.45) is 0 Å². The molecule has 6 nitrogen and oxygen atoms in total. The first-order chi connectivity index (χ1) is 9.36. The molecule has 1 N–H and O–H groups in total. The second kappa shape index (κ2) is 5.31. The van der Waals surface area contributed by atoms with E-state index in [1.54, 1.807) is 11.3 Å². The fourth-order valence-electron chi connectivity index (χ4n) is 1.97. The zero-order chi connectivity index (χ0) is 13.1. The van der Waals surface area contributed by atoms with E-state index in [2.05, 4.69) is 50.4 Å². The summed E-state index contributed by atoms with van der Waals surface area (Å²) in [6, 6.07) is 8.26. The van der Waals surface area contributed by atoms with Gasteiger partial charge in [0.15, 0.2) is 5.65 Å². The van der Waals surface area contributed by atoms with E-state index >= 15 is 0 Å². The van der Waals surface area contributed by atoms with Crippen molar-refractivity contribution in [2.75, 3.05) is 5.32 Å². The Balaban J connectivity index is 1.84. The molecule has 0 aromatic carbocycles. The summed E-state index contributed by atoms with van der Waals surface area (Å²) in [5.41, 5.74) is 0.647. The minimum Gasteiger partial charge on any atom is -0.361 e. The van der Waals surface area contributed by atoms with Crippen molar-refractivity contribution >= 4 is 22.8 Å². The molecular formula is C12H14N6S. The lowest BCUT2D eigenvalue weighted by atomic mass is 10.1. The normalized spacial score (nSPS) is 12.7. The van der Waals surface area contributed by atoms with Gasteiger partial charge in [0, 0.05) is 4.88 Å². The molecular weight excluding hydrogens is 260 g/mol. The number of thiophene rings is 1. The third-order valence-corrected chi connectivity index (χ3v) is 3.84. The molecule has 19 heavy (non-hydrogen) atoms. The van der Waals surface area contributed by atoms with Crippen LogP contribution in [0.4, 0.5) is 5.82 Å². The Morgan fingerprint density at radius 3 is 3.11 bits per heavy atom.